The zero-order valence-electron chi connectivity index (χ0n) is 16.3. The van der Waals surface area contributed by atoms with Gasteiger partial charge in [0.2, 0.25) is 5.95 Å². The average Bonchev–Trinajstić information content (AvgIpc) is 2.64. The number of ether oxygens (including phenoxy) is 2. The second kappa shape index (κ2) is 7.95. The van der Waals surface area contributed by atoms with Gasteiger partial charge in [0.1, 0.15) is 17.3 Å². The maximum Gasteiger partial charge on any atom is 0.229 e. The van der Waals surface area contributed by atoms with E-state index in [-0.39, 0.29) is 0 Å². The summed E-state index contributed by atoms with van der Waals surface area (Å²) in [5, 5.41) is 6.56. The van der Waals surface area contributed by atoms with E-state index in [9.17, 15) is 0 Å². The van der Waals surface area contributed by atoms with Crippen molar-refractivity contribution in [1.29, 1.82) is 0 Å². The monoisotopic (exact) mass is 364 g/mol. The van der Waals surface area contributed by atoms with Gasteiger partial charge in [0.05, 0.1) is 19.9 Å². The summed E-state index contributed by atoms with van der Waals surface area (Å²) in [5.41, 5.74) is 5.05. The molecule has 1 aromatic heterocycles. The molecular formula is C21H24N4O2. The van der Waals surface area contributed by atoms with E-state index in [1.165, 1.54) is 11.1 Å². The Morgan fingerprint density at radius 3 is 2.30 bits per heavy atom. The Labute approximate surface area is 159 Å². The Hall–Kier alpha value is -3.28. The van der Waals surface area contributed by atoms with Crippen LogP contribution in [-0.4, -0.2) is 24.2 Å². The molecule has 0 saturated heterocycles. The maximum atomic E-state index is 5.41. The lowest BCUT2D eigenvalue weighted by Crippen LogP contribution is -2.04. The number of hydrogen-bond donors (Lipinski definition) is 2. The van der Waals surface area contributed by atoms with Gasteiger partial charge in [-0.2, -0.15) is 4.98 Å². The first-order valence-corrected chi connectivity index (χ1v) is 8.67. The van der Waals surface area contributed by atoms with Crippen LogP contribution in [0.4, 0.5) is 23.1 Å². The molecule has 2 aromatic carbocycles. The molecule has 0 unspecified atom stereocenters. The van der Waals surface area contributed by atoms with E-state index in [0.29, 0.717) is 11.7 Å². The van der Waals surface area contributed by atoms with Crippen molar-refractivity contribution in [2.24, 2.45) is 0 Å². The Bertz CT molecular complexity index is 957. The average molecular weight is 364 g/mol. The fourth-order valence-electron chi connectivity index (χ4n) is 2.69. The van der Waals surface area contributed by atoms with Crippen molar-refractivity contribution in [3.8, 4) is 11.5 Å². The molecule has 27 heavy (non-hydrogen) atoms. The predicted molar refractivity (Wildman–Crippen MR) is 109 cm³/mol. The minimum absolute atomic E-state index is 0.480. The third kappa shape index (κ3) is 4.47. The van der Waals surface area contributed by atoms with Crippen molar-refractivity contribution in [3.63, 3.8) is 0 Å². The van der Waals surface area contributed by atoms with Gasteiger partial charge in [-0.3, -0.25) is 0 Å². The summed E-state index contributed by atoms with van der Waals surface area (Å²) >= 11 is 0. The maximum absolute atomic E-state index is 5.41. The number of nitrogens with one attached hydrogen (secondary N) is 2. The van der Waals surface area contributed by atoms with Crippen molar-refractivity contribution in [1.82, 2.24) is 9.97 Å². The van der Waals surface area contributed by atoms with Gasteiger partial charge in [-0.05, 0) is 56.2 Å². The van der Waals surface area contributed by atoms with Crippen LogP contribution < -0.4 is 20.1 Å². The molecule has 0 aliphatic carbocycles. The fourth-order valence-corrected chi connectivity index (χ4v) is 2.69. The molecule has 0 amide bonds. The van der Waals surface area contributed by atoms with Gasteiger partial charge in [-0.1, -0.05) is 6.07 Å². The molecule has 0 aliphatic heterocycles. The Balaban J connectivity index is 1.88. The van der Waals surface area contributed by atoms with Gasteiger partial charge in [0.15, 0.2) is 0 Å². The fraction of sp³-hybridized carbons (Fsp3) is 0.238. The molecule has 6 heteroatoms. The molecule has 0 spiro atoms. The zero-order valence-corrected chi connectivity index (χ0v) is 16.3. The number of anilines is 4. The van der Waals surface area contributed by atoms with E-state index in [0.717, 1.165) is 28.6 Å². The highest BCUT2D eigenvalue weighted by molar-refractivity contribution is 5.66. The summed E-state index contributed by atoms with van der Waals surface area (Å²) in [6, 6.07) is 13.7. The number of nitrogens with zero attached hydrogens (tertiary/aromatic N) is 2. The number of aryl methyl sites for hydroxylation is 3. The van der Waals surface area contributed by atoms with Crippen LogP contribution >= 0.6 is 0 Å². The Morgan fingerprint density at radius 1 is 0.778 bits per heavy atom. The summed E-state index contributed by atoms with van der Waals surface area (Å²) in [7, 11) is 3.25. The lowest BCUT2D eigenvalue weighted by molar-refractivity contribution is 0.405. The summed E-state index contributed by atoms with van der Waals surface area (Å²) < 4.78 is 10.7. The highest BCUT2D eigenvalue weighted by Crippen LogP contribution is 2.31. The van der Waals surface area contributed by atoms with Gasteiger partial charge in [-0.25, -0.2) is 4.98 Å². The van der Waals surface area contributed by atoms with Crippen LogP contribution in [0.2, 0.25) is 0 Å². The lowest BCUT2D eigenvalue weighted by Gasteiger charge is -2.13. The van der Waals surface area contributed by atoms with Gasteiger partial charge in [-0.15, -0.1) is 0 Å². The van der Waals surface area contributed by atoms with Crippen molar-refractivity contribution >= 4 is 23.1 Å². The van der Waals surface area contributed by atoms with E-state index >= 15 is 0 Å². The third-order valence-electron chi connectivity index (χ3n) is 4.29. The van der Waals surface area contributed by atoms with Crippen molar-refractivity contribution < 1.29 is 9.47 Å². The second-order valence-electron chi connectivity index (χ2n) is 6.33. The number of rotatable bonds is 6. The third-order valence-corrected chi connectivity index (χ3v) is 4.29. The summed E-state index contributed by atoms with van der Waals surface area (Å²) in [5.74, 6) is 2.60. The van der Waals surface area contributed by atoms with Crippen molar-refractivity contribution in [3.05, 3.63) is 59.3 Å². The molecule has 0 saturated carbocycles. The topological polar surface area (TPSA) is 68.3 Å². The SMILES string of the molecule is COc1ccc(OC)c(Nc2nc(C)cc(Nc3ccc(C)c(C)c3)n2)c1. The van der Waals surface area contributed by atoms with E-state index in [2.05, 4.69) is 46.6 Å². The lowest BCUT2D eigenvalue weighted by atomic mass is 10.1. The van der Waals surface area contributed by atoms with Crippen LogP contribution in [0.25, 0.3) is 0 Å². The largest absolute Gasteiger partial charge is 0.497 e. The van der Waals surface area contributed by atoms with Crippen LogP contribution in [0, 0.1) is 20.8 Å². The summed E-state index contributed by atoms with van der Waals surface area (Å²) in [6.07, 6.45) is 0. The normalized spacial score (nSPS) is 10.4. The Kier molecular flexibility index (Phi) is 5.45. The summed E-state index contributed by atoms with van der Waals surface area (Å²) in [4.78, 5) is 9.05. The standard InChI is InChI=1S/C21H24N4O2/c1-13-6-7-16(10-14(13)2)23-20-11-15(3)22-21(25-20)24-18-12-17(26-4)8-9-19(18)27-5/h6-12H,1-5H3,(H2,22,23,24,25). The first-order chi connectivity index (χ1) is 13.0. The molecule has 0 fully saturated rings. The van der Waals surface area contributed by atoms with Crippen LogP contribution in [-0.2, 0) is 0 Å². The van der Waals surface area contributed by atoms with Crippen LogP contribution in [0.1, 0.15) is 16.8 Å². The minimum atomic E-state index is 0.480. The van der Waals surface area contributed by atoms with Gasteiger partial charge in [0, 0.05) is 23.5 Å². The molecule has 2 N–H and O–H groups in total. The first-order valence-electron chi connectivity index (χ1n) is 8.67. The molecule has 0 atom stereocenters. The molecule has 6 nitrogen and oxygen atoms in total. The molecular weight excluding hydrogens is 340 g/mol. The molecule has 0 bridgehead atoms. The number of hydrogen-bond acceptors (Lipinski definition) is 6. The number of methoxy groups -OCH3 is 2. The first kappa shape index (κ1) is 18.5. The van der Waals surface area contributed by atoms with Crippen LogP contribution in [0.5, 0.6) is 11.5 Å². The molecule has 0 radical (unpaired) electrons. The highest BCUT2D eigenvalue weighted by atomic mass is 16.5. The molecule has 140 valence electrons. The van der Waals surface area contributed by atoms with Crippen molar-refractivity contribution in [2.45, 2.75) is 20.8 Å². The molecule has 0 aliphatic rings. The zero-order chi connectivity index (χ0) is 19.4. The van der Waals surface area contributed by atoms with E-state index in [4.69, 9.17) is 9.47 Å². The summed E-state index contributed by atoms with van der Waals surface area (Å²) in [6.45, 7) is 6.12. The van der Waals surface area contributed by atoms with E-state index in [1.807, 2.05) is 37.3 Å². The predicted octanol–water partition coefficient (Wildman–Crippen LogP) is 4.91. The Morgan fingerprint density at radius 2 is 1.59 bits per heavy atom. The van der Waals surface area contributed by atoms with Gasteiger partial charge >= 0.3 is 0 Å². The van der Waals surface area contributed by atoms with Gasteiger partial charge < -0.3 is 20.1 Å². The molecule has 1 heterocycles. The van der Waals surface area contributed by atoms with Crippen LogP contribution in [0.15, 0.2) is 42.5 Å². The number of benzene rings is 2. The molecule has 3 rings (SSSR count). The van der Waals surface area contributed by atoms with E-state index < -0.39 is 0 Å². The van der Waals surface area contributed by atoms with Crippen LogP contribution in [0.3, 0.4) is 0 Å². The number of aromatic nitrogens is 2. The molecule has 3 aromatic rings. The van der Waals surface area contributed by atoms with Crippen molar-refractivity contribution in [2.75, 3.05) is 24.9 Å². The quantitative estimate of drug-likeness (QED) is 0.648. The second-order valence-corrected chi connectivity index (χ2v) is 6.33. The minimum Gasteiger partial charge on any atom is -0.497 e. The van der Waals surface area contributed by atoms with E-state index in [1.54, 1.807) is 14.2 Å². The smallest absolute Gasteiger partial charge is 0.229 e. The highest BCUT2D eigenvalue weighted by Gasteiger charge is 2.09. The van der Waals surface area contributed by atoms with Gasteiger partial charge in [0.25, 0.3) is 0 Å².